The van der Waals surface area contributed by atoms with E-state index in [-0.39, 0.29) is 24.2 Å². The first kappa shape index (κ1) is 22.3. The molecule has 1 aliphatic rings. The number of carbonyl (C=O) groups is 2. The summed E-state index contributed by atoms with van der Waals surface area (Å²) in [5, 5.41) is 7.24. The Balaban J connectivity index is 1.46. The standard InChI is InChI=1S/C26H27N3O4/c1-16-12-13-19(14-17(16)2)27-26(31)25-18(3)24-21(10-7-11-22(24)33-25)28-29-23(30)15-32-20-8-5-4-6-9-20/h4-6,8-9,12-14H,7,10-11,15H2,1-3H3,(H,27,31)(H,29,30)/b28-21+. The molecular formula is C26H27N3O4. The van der Waals surface area contributed by atoms with Gasteiger partial charge in [0.05, 0.1) is 5.71 Å². The average Bonchev–Trinajstić information content (AvgIpc) is 3.16. The van der Waals surface area contributed by atoms with Crippen molar-refractivity contribution < 1.29 is 18.7 Å². The van der Waals surface area contributed by atoms with Crippen LogP contribution in [0.1, 0.15) is 51.4 Å². The molecule has 3 aromatic rings. The number of carbonyl (C=O) groups excluding carboxylic acids is 2. The number of hydrogen-bond acceptors (Lipinski definition) is 5. The molecule has 0 saturated heterocycles. The van der Waals surface area contributed by atoms with Crippen LogP contribution >= 0.6 is 0 Å². The van der Waals surface area contributed by atoms with Crippen molar-refractivity contribution in [2.45, 2.75) is 40.0 Å². The Bertz CT molecular complexity index is 1210. The van der Waals surface area contributed by atoms with E-state index < -0.39 is 0 Å². The molecule has 170 valence electrons. The van der Waals surface area contributed by atoms with Gasteiger partial charge in [-0.1, -0.05) is 24.3 Å². The lowest BCUT2D eigenvalue weighted by Crippen LogP contribution is -2.27. The van der Waals surface area contributed by atoms with Crippen LogP contribution in [0.15, 0.2) is 58.0 Å². The Morgan fingerprint density at radius 2 is 1.82 bits per heavy atom. The zero-order chi connectivity index (χ0) is 23.4. The Morgan fingerprint density at radius 1 is 1.03 bits per heavy atom. The van der Waals surface area contributed by atoms with Crippen LogP contribution in [-0.4, -0.2) is 24.1 Å². The van der Waals surface area contributed by atoms with E-state index >= 15 is 0 Å². The normalized spacial score (nSPS) is 14.0. The Hall–Kier alpha value is -3.87. The van der Waals surface area contributed by atoms with E-state index in [4.69, 9.17) is 9.15 Å². The maximum atomic E-state index is 12.9. The van der Waals surface area contributed by atoms with Gasteiger partial charge in [0.25, 0.3) is 11.8 Å². The van der Waals surface area contributed by atoms with Gasteiger partial charge in [0.1, 0.15) is 11.5 Å². The largest absolute Gasteiger partial charge is 0.484 e. The number of ether oxygens (including phenoxy) is 1. The summed E-state index contributed by atoms with van der Waals surface area (Å²) in [6.45, 7) is 5.74. The van der Waals surface area contributed by atoms with Gasteiger partial charge >= 0.3 is 0 Å². The van der Waals surface area contributed by atoms with Gasteiger partial charge in [-0.15, -0.1) is 0 Å². The summed E-state index contributed by atoms with van der Waals surface area (Å²) >= 11 is 0. The quantitative estimate of drug-likeness (QED) is 0.538. The van der Waals surface area contributed by atoms with Crippen molar-refractivity contribution >= 4 is 23.2 Å². The predicted molar refractivity (Wildman–Crippen MR) is 127 cm³/mol. The van der Waals surface area contributed by atoms with E-state index in [0.29, 0.717) is 17.9 Å². The second kappa shape index (κ2) is 9.73. The zero-order valence-corrected chi connectivity index (χ0v) is 19.0. The molecule has 7 heteroatoms. The van der Waals surface area contributed by atoms with Gasteiger partial charge in [0.2, 0.25) is 0 Å². The number of hydrogen-bond donors (Lipinski definition) is 2. The Kier molecular flexibility index (Phi) is 6.58. The van der Waals surface area contributed by atoms with Crippen molar-refractivity contribution in [3.05, 3.63) is 82.3 Å². The average molecular weight is 446 g/mol. The minimum Gasteiger partial charge on any atom is -0.484 e. The molecule has 0 saturated carbocycles. The molecule has 1 heterocycles. The number of benzene rings is 2. The summed E-state index contributed by atoms with van der Waals surface area (Å²) in [4.78, 5) is 25.1. The van der Waals surface area contributed by atoms with E-state index in [2.05, 4.69) is 15.8 Å². The third kappa shape index (κ3) is 5.14. The summed E-state index contributed by atoms with van der Waals surface area (Å²) in [7, 11) is 0. The van der Waals surface area contributed by atoms with Crippen LogP contribution in [0.5, 0.6) is 5.75 Å². The molecule has 0 aliphatic heterocycles. The van der Waals surface area contributed by atoms with Crippen molar-refractivity contribution in [2.75, 3.05) is 11.9 Å². The van der Waals surface area contributed by atoms with Gasteiger partial charge in [-0.05, 0) is 69.0 Å². The van der Waals surface area contributed by atoms with Crippen molar-refractivity contribution in [3.8, 4) is 5.75 Å². The summed E-state index contributed by atoms with van der Waals surface area (Å²) in [5.74, 6) is 0.951. The number of fused-ring (bicyclic) bond motifs is 1. The fourth-order valence-electron chi connectivity index (χ4n) is 3.83. The van der Waals surface area contributed by atoms with E-state index in [1.54, 1.807) is 12.1 Å². The molecule has 1 aliphatic carbocycles. The lowest BCUT2D eigenvalue weighted by atomic mass is 9.93. The molecule has 2 N–H and O–H groups in total. The van der Waals surface area contributed by atoms with Crippen molar-refractivity contribution in [2.24, 2.45) is 5.10 Å². The summed E-state index contributed by atoms with van der Waals surface area (Å²) < 4.78 is 11.4. The maximum absolute atomic E-state index is 12.9. The number of aryl methyl sites for hydroxylation is 3. The molecule has 33 heavy (non-hydrogen) atoms. The molecule has 1 aromatic heterocycles. The first-order valence-corrected chi connectivity index (χ1v) is 11.0. The summed E-state index contributed by atoms with van der Waals surface area (Å²) in [6.07, 6.45) is 2.23. The molecule has 0 atom stereocenters. The number of nitrogens with one attached hydrogen (secondary N) is 2. The predicted octanol–water partition coefficient (Wildman–Crippen LogP) is 4.69. The third-order valence-corrected chi connectivity index (χ3v) is 5.73. The third-order valence-electron chi connectivity index (χ3n) is 5.73. The minimum atomic E-state index is -0.354. The Morgan fingerprint density at radius 3 is 2.58 bits per heavy atom. The highest BCUT2D eigenvalue weighted by Gasteiger charge is 2.28. The maximum Gasteiger partial charge on any atom is 0.291 e. The second-order valence-corrected chi connectivity index (χ2v) is 8.16. The fraction of sp³-hybridized carbons (Fsp3) is 0.269. The fourth-order valence-corrected chi connectivity index (χ4v) is 3.83. The van der Waals surface area contributed by atoms with Crippen LogP contribution in [0.3, 0.4) is 0 Å². The van der Waals surface area contributed by atoms with Crippen LogP contribution in [-0.2, 0) is 11.2 Å². The smallest absolute Gasteiger partial charge is 0.291 e. The van der Waals surface area contributed by atoms with Crippen molar-refractivity contribution in [1.29, 1.82) is 0 Å². The first-order valence-electron chi connectivity index (χ1n) is 11.0. The van der Waals surface area contributed by atoms with Crippen LogP contribution in [0, 0.1) is 20.8 Å². The number of amides is 2. The van der Waals surface area contributed by atoms with Gasteiger partial charge in [0, 0.05) is 23.2 Å². The van der Waals surface area contributed by atoms with Gasteiger partial charge in [-0.3, -0.25) is 9.59 Å². The highest BCUT2D eigenvalue weighted by Crippen LogP contribution is 2.30. The highest BCUT2D eigenvalue weighted by molar-refractivity contribution is 6.09. The van der Waals surface area contributed by atoms with E-state index in [0.717, 1.165) is 46.5 Å². The molecule has 0 unspecified atom stereocenters. The van der Waals surface area contributed by atoms with Crippen LogP contribution in [0.4, 0.5) is 5.69 Å². The monoisotopic (exact) mass is 445 g/mol. The van der Waals surface area contributed by atoms with Gasteiger partial charge < -0.3 is 14.5 Å². The molecule has 7 nitrogen and oxygen atoms in total. The number of nitrogens with zero attached hydrogens (tertiary/aromatic N) is 1. The van der Waals surface area contributed by atoms with Gasteiger partial charge in [-0.25, -0.2) is 5.43 Å². The number of anilines is 1. The van der Waals surface area contributed by atoms with E-state index in [9.17, 15) is 9.59 Å². The SMILES string of the molecule is Cc1ccc(NC(=O)c2oc3c(c2C)/C(=N/NC(=O)COc2ccccc2)CCC3)cc1C. The number of rotatable bonds is 6. The lowest BCUT2D eigenvalue weighted by Gasteiger charge is -2.13. The minimum absolute atomic E-state index is 0.137. The van der Waals surface area contributed by atoms with E-state index in [1.807, 2.05) is 57.2 Å². The summed E-state index contributed by atoms with van der Waals surface area (Å²) in [5.41, 5.74) is 7.77. The molecule has 0 bridgehead atoms. The molecule has 4 rings (SSSR count). The van der Waals surface area contributed by atoms with Crippen LogP contribution in [0.2, 0.25) is 0 Å². The first-order chi connectivity index (χ1) is 15.9. The number of para-hydroxylation sites is 1. The number of hydrazone groups is 1. The van der Waals surface area contributed by atoms with Crippen LogP contribution in [0.25, 0.3) is 0 Å². The van der Waals surface area contributed by atoms with Crippen molar-refractivity contribution in [1.82, 2.24) is 5.43 Å². The van der Waals surface area contributed by atoms with Gasteiger partial charge in [-0.2, -0.15) is 5.10 Å². The summed E-state index contributed by atoms with van der Waals surface area (Å²) in [6, 6.07) is 14.9. The zero-order valence-electron chi connectivity index (χ0n) is 19.0. The molecule has 2 aromatic carbocycles. The second-order valence-electron chi connectivity index (χ2n) is 8.16. The Labute approximate surface area is 192 Å². The molecule has 0 fully saturated rings. The highest BCUT2D eigenvalue weighted by atomic mass is 16.5. The molecule has 0 spiro atoms. The molecule has 0 radical (unpaired) electrons. The van der Waals surface area contributed by atoms with Crippen LogP contribution < -0.4 is 15.5 Å². The topological polar surface area (TPSA) is 92.9 Å². The molecular weight excluding hydrogens is 418 g/mol. The molecule has 2 amide bonds. The lowest BCUT2D eigenvalue weighted by molar-refractivity contribution is -0.123. The van der Waals surface area contributed by atoms with Crippen molar-refractivity contribution in [3.63, 3.8) is 0 Å². The van der Waals surface area contributed by atoms with Gasteiger partial charge in [0.15, 0.2) is 12.4 Å². The van der Waals surface area contributed by atoms with E-state index in [1.165, 1.54) is 0 Å². The number of furan rings is 1.